The molecule has 2 aromatic rings. The molecule has 148 valence electrons. The Morgan fingerprint density at radius 3 is 1.32 bits per heavy atom. The number of hydrogen-bond donors (Lipinski definition) is 6. The molecule has 0 atom stereocenters. The molecule has 2 aromatic carbocycles. The van der Waals surface area contributed by atoms with Crippen molar-refractivity contribution in [3.8, 4) is 23.0 Å². The van der Waals surface area contributed by atoms with Gasteiger partial charge in [-0.25, -0.2) is 9.59 Å². The van der Waals surface area contributed by atoms with Crippen LogP contribution in [-0.4, -0.2) is 48.4 Å². The van der Waals surface area contributed by atoms with Crippen molar-refractivity contribution in [2.45, 2.75) is 25.7 Å². The number of carboxylic acids is 2. The van der Waals surface area contributed by atoms with E-state index in [1.54, 1.807) is 0 Å². The van der Waals surface area contributed by atoms with Crippen LogP contribution in [0.5, 0.6) is 23.0 Å². The van der Waals surface area contributed by atoms with Crippen molar-refractivity contribution in [3.05, 3.63) is 46.5 Å². The third-order valence-corrected chi connectivity index (χ3v) is 4.14. The summed E-state index contributed by atoms with van der Waals surface area (Å²) in [5.74, 6) is -5.05. The van der Waals surface area contributed by atoms with E-state index in [1.165, 1.54) is 0 Å². The Kier molecular flexibility index (Phi) is 6.09. The molecule has 0 saturated carbocycles. The maximum Gasteiger partial charge on any atom is 0.339 e. The lowest BCUT2D eigenvalue weighted by molar-refractivity contribution is -0.119. The van der Waals surface area contributed by atoms with Gasteiger partial charge < -0.3 is 30.6 Å². The fraction of sp³-hybridized carbons (Fsp3) is 0.211. The van der Waals surface area contributed by atoms with E-state index in [0.29, 0.717) is 0 Å². The minimum Gasteiger partial charge on any atom is -0.508 e. The summed E-state index contributed by atoms with van der Waals surface area (Å²) in [5.41, 5.74) is -0.646. The van der Waals surface area contributed by atoms with Gasteiger partial charge in [0.15, 0.2) is 0 Å². The van der Waals surface area contributed by atoms with Gasteiger partial charge in [0, 0.05) is 25.0 Å². The molecule has 0 heterocycles. The number of carboxylic acid groups (broad SMARTS) is 2. The summed E-state index contributed by atoms with van der Waals surface area (Å²) in [7, 11) is 0. The number of benzene rings is 2. The van der Waals surface area contributed by atoms with Crippen molar-refractivity contribution in [2.75, 3.05) is 0 Å². The lowest BCUT2D eigenvalue weighted by Crippen LogP contribution is -2.08. The van der Waals surface area contributed by atoms with Crippen molar-refractivity contribution < 1.29 is 45.0 Å². The van der Waals surface area contributed by atoms with Crippen LogP contribution in [0.1, 0.15) is 44.7 Å². The van der Waals surface area contributed by atoms with Crippen molar-refractivity contribution >= 4 is 17.7 Å². The van der Waals surface area contributed by atoms with Gasteiger partial charge in [0.2, 0.25) is 0 Å². The van der Waals surface area contributed by atoms with E-state index in [1.807, 2.05) is 0 Å². The minimum atomic E-state index is -1.40. The average Bonchev–Trinajstić information content (AvgIpc) is 2.55. The number of rotatable bonds is 8. The molecule has 0 aliphatic carbocycles. The highest BCUT2D eigenvalue weighted by Gasteiger charge is 2.20. The Balaban J connectivity index is 2.10. The van der Waals surface area contributed by atoms with Gasteiger partial charge in [0.05, 0.1) is 0 Å². The van der Waals surface area contributed by atoms with Crippen LogP contribution in [0.3, 0.4) is 0 Å². The number of aromatic carboxylic acids is 2. The second-order valence-electron chi connectivity index (χ2n) is 6.15. The number of hydrogen-bond acceptors (Lipinski definition) is 7. The largest absolute Gasteiger partial charge is 0.508 e. The van der Waals surface area contributed by atoms with Gasteiger partial charge in [-0.3, -0.25) is 4.79 Å². The summed E-state index contributed by atoms with van der Waals surface area (Å²) >= 11 is 0. The number of carbonyl (C=O) groups excluding carboxylic acids is 1. The summed E-state index contributed by atoms with van der Waals surface area (Å²) in [5, 5.41) is 56.7. The standard InChI is InChI=1S/C19H18O9/c20-11(3-1-9-5-12(21)7-14(23)16(9)18(25)26)4-2-10-6-13(22)8-15(24)17(10)19(27)28/h5-8,21-24H,1-4H2,(H,25,26)(H,27,28). The van der Waals surface area contributed by atoms with Gasteiger partial charge in [0.1, 0.15) is 39.9 Å². The number of ketones is 1. The van der Waals surface area contributed by atoms with Gasteiger partial charge >= 0.3 is 11.9 Å². The molecule has 2 rings (SSSR count). The Bertz CT molecular complexity index is 871. The molecule has 0 aliphatic heterocycles. The highest BCUT2D eigenvalue weighted by molar-refractivity contribution is 5.94. The SMILES string of the molecule is O=C(CCc1cc(O)cc(O)c1C(=O)O)CCc1cc(O)cc(O)c1C(=O)O. The molecule has 0 aromatic heterocycles. The molecule has 0 unspecified atom stereocenters. The van der Waals surface area contributed by atoms with Crippen molar-refractivity contribution in [1.82, 2.24) is 0 Å². The molecule has 0 bridgehead atoms. The summed E-state index contributed by atoms with van der Waals surface area (Å²) < 4.78 is 0. The van der Waals surface area contributed by atoms with Crippen molar-refractivity contribution in [2.24, 2.45) is 0 Å². The second-order valence-corrected chi connectivity index (χ2v) is 6.15. The third kappa shape index (κ3) is 4.70. The highest BCUT2D eigenvalue weighted by Crippen LogP contribution is 2.30. The highest BCUT2D eigenvalue weighted by atomic mass is 16.4. The molecular weight excluding hydrogens is 372 g/mol. The molecule has 0 aliphatic rings. The molecule has 6 N–H and O–H groups in total. The smallest absolute Gasteiger partial charge is 0.339 e. The maximum absolute atomic E-state index is 12.1. The summed E-state index contributed by atoms with van der Waals surface area (Å²) in [6, 6.07) is 4.06. The Hall–Kier alpha value is -3.75. The monoisotopic (exact) mass is 390 g/mol. The maximum atomic E-state index is 12.1. The first-order valence-electron chi connectivity index (χ1n) is 8.18. The second kappa shape index (κ2) is 8.30. The number of carbonyl (C=O) groups is 3. The minimum absolute atomic E-state index is 0.0560. The topological polar surface area (TPSA) is 173 Å². The van der Waals surface area contributed by atoms with Gasteiger partial charge in [-0.05, 0) is 36.1 Å². The van der Waals surface area contributed by atoms with Gasteiger partial charge in [0.25, 0.3) is 0 Å². The van der Waals surface area contributed by atoms with Crippen LogP contribution in [0.4, 0.5) is 0 Å². The van der Waals surface area contributed by atoms with Gasteiger partial charge in [-0.2, -0.15) is 0 Å². The predicted molar refractivity (Wildman–Crippen MR) is 95.1 cm³/mol. The molecule has 0 spiro atoms. The average molecular weight is 390 g/mol. The zero-order valence-electron chi connectivity index (χ0n) is 14.5. The molecule has 0 radical (unpaired) electrons. The van der Waals surface area contributed by atoms with Crippen molar-refractivity contribution in [1.29, 1.82) is 0 Å². The summed E-state index contributed by atoms with van der Waals surface area (Å²) in [6.45, 7) is 0. The first-order chi connectivity index (χ1) is 13.1. The first kappa shape index (κ1) is 20.6. The Morgan fingerprint density at radius 1 is 0.643 bits per heavy atom. The first-order valence-corrected chi connectivity index (χ1v) is 8.18. The molecule has 0 saturated heterocycles. The van der Waals surface area contributed by atoms with E-state index < -0.39 is 34.6 Å². The molecular formula is C19H18O9. The van der Waals surface area contributed by atoms with E-state index in [0.717, 1.165) is 24.3 Å². The molecule has 9 heteroatoms. The van der Waals surface area contributed by atoms with Gasteiger partial charge in [-0.1, -0.05) is 0 Å². The van der Waals surface area contributed by atoms with E-state index in [-0.39, 0.29) is 54.1 Å². The molecule has 0 fully saturated rings. The third-order valence-electron chi connectivity index (χ3n) is 4.14. The van der Waals surface area contributed by atoms with E-state index in [9.17, 15) is 34.8 Å². The van der Waals surface area contributed by atoms with Gasteiger partial charge in [-0.15, -0.1) is 0 Å². The summed E-state index contributed by atoms with van der Waals surface area (Å²) in [6.07, 6.45) is -0.342. The Labute approximate surface area is 158 Å². The number of aryl methyl sites for hydroxylation is 2. The fourth-order valence-corrected chi connectivity index (χ4v) is 2.90. The fourth-order valence-electron chi connectivity index (χ4n) is 2.90. The lowest BCUT2D eigenvalue weighted by atomic mass is 9.96. The van der Waals surface area contributed by atoms with Crippen LogP contribution in [-0.2, 0) is 17.6 Å². The predicted octanol–water partition coefficient (Wildman–Crippen LogP) is 2.04. The van der Waals surface area contributed by atoms with Crippen LogP contribution in [0.2, 0.25) is 0 Å². The zero-order valence-corrected chi connectivity index (χ0v) is 14.5. The van der Waals surface area contributed by atoms with Crippen LogP contribution in [0.25, 0.3) is 0 Å². The number of Topliss-reactive ketones (excluding diaryl/α,β-unsaturated/α-hetero) is 1. The van der Waals surface area contributed by atoms with E-state index in [2.05, 4.69) is 0 Å². The lowest BCUT2D eigenvalue weighted by Gasteiger charge is -2.10. The van der Waals surface area contributed by atoms with Crippen LogP contribution < -0.4 is 0 Å². The van der Waals surface area contributed by atoms with Crippen molar-refractivity contribution in [3.63, 3.8) is 0 Å². The molecule has 9 nitrogen and oxygen atoms in total. The Morgan fingerprint density at radius 2 is 1.00 bits per heavy atom. The van der Waals surface area contributed by atoms with Crippen LogP contribution in [0, 0.1) is 0 Å². The zero-order chi connectivity index (χ0) is 21.0. The summed E-state index contributed by atoms with van der Waals surface area (Å²) in [4.78, 5) is 34.6. The number of aromatic hydroxyl groups is 4. The van der Waals surface area contributed by atoms with E-state index in [4.69, 9.17) is 10.2 Å². The molecule has 28 heavy (non-hydrogen) atoms. The van der Waals surface area contributed by atoms with Crippen LogP contribution >= 0.6 is 0 Å². The number of phenols is 4. The van der Waals surface area contributed by atoms with E-state index >= 15 is 0 Å². The van der Waals surface area contributed by atoms with Crippen LogP contribution in [0.15, 0.2) is 24.3 Å². The normalized spacial score (nSPS) is 10.6. The number of phenolic OH excluding ortho intramolecular Hbond substituents is 2. The molecule has 0 amide bonds. The quantitative estimate of drug-likeness (QED) is 0.394.